The van der Waals surface area contributed by atoms with Gasteiger partial charge in [0.2, 0.25) is 0 Å². The number of carbonyl (C=O) groups excluding carboxylic acids is 1. The average Bonchev–Trinajstić information content (AvgIpc) is 2.93. The van der Waals surface area contributed by atoms with E-state index < -0.39 is 11.8 Å². The third-order valence-electron chi connectivity index (χ3n) is 4.21. The van der Waals surface area contributed by atoms with Crippen molar-refractivity contribution in [1.29, 1.82) is 0 Å². The SMILES string of the molecule is Cc1ccc(C(=O)N[C@@H](CO)[C@@H]2COC(C)(C)O2)c2cccnc12. The summed E-state index contributed by atoms with van der Waals surface area (Å²) in [5.41, 5.74) is 2.34. The van der Waals surface area contributed by atoms with Crippen molar-refractivity contribution < 1.29 is 19.4 Å². The number of nitrogens with one attached hydrogen (secondary N) is 1. The fraction of sp³-hybridized carbons (Fsp3) is 0.444. The minimum atomic E-state index is -0.705. The third-order valence-corrected chi connectivity index (χ3v) is 4.21. The van der Waals surface area contributed by atoms with Crippen LogP contribution in [0.25, 0.3) is 10.9 Å². The molecule has 0 radical (unpaired) electrons. The van der Waals surface area contributed by atoms with Gasteiger partial charge in [-0.2, -0.15) is 0 Å². The standard InChI is InChI=1S/C18H22N2O4/c1-11-6-7-13(12-5-4-8-19-16(11)12)17(22)20-14(9-21)15-10-23-18(2,3)24-15/h4-8,14-15,21H,9-10H2,1-3H3,(H,20,22)/t14-,15-/m0/s1. The smallest absolute Gasteiger partial charge is 0.252 e. The number of aromatic nitrogens is 1. The molecule has 128 valence electrons. The number of aryl methyl sites for hydroxylation is 1. The van der Waals surface area contributed by atoms with E-state index in [-0.39, 0.29) is 18.6 Å². The number of nitrogens with zero attached hydrogens (tertiary/aromatic N) is 1. The highest BCUT2D eigenvalue weighted by Gasteiger charge is 2.38. The summed E-state index contributed by atoms with van der Waals surface area (Å²) in [5.74, 6) is -0.969. The lowest BCUT2D eigenvalue weighted by molar-refractivity contribution is -0.142. The van der Waals surface area contributed by atoms with Crippen molar-refractivity contribution in [2.45, 2.75) is 38.7 Å². The molecule has 3 rings (SSSR count). The van der Waals surface area contributed by atoms with Crippen molar-refractivity contribution in [2.24, 2.45) is 0 Å². The Balaban J connectivity index is 1.83. The number of benzene rings is 1. The van der Waals surface area contributed by atoms with Crippen LogP contribution in [0.15, 0.2) is 30.5 Å². The summed E-state index contributed by atoms with van der Waals surface area (Å²) >= 11 is 0. The van der Waals surface area contributed by atoms with Gasteiger partial charge in [0, 0.05) is 17.1 Å². The molecular formula is C18H22N2O4. The Kier molecular flexibility index (Phi) is 4.54. The van der Waals surface area contributed by atoms with Gasteiger partial charge in [-0.3, -0.25) is 9.78 Å². The van der Waals surface area contributed by atoms with Gasteiger partial charge in [0.1, 0.15) is 6.10 Å². The number of fused-ring (bicyclic) bond motifs is 1. The third kappa shape index (κ3) is 3.26. The maximum absolute atomic E-state index is 12.7. The van der Waals surface area contributed by atoms with Crippen LogP contribution < -0.4 is 5.32 Å². The van der Waals surface area contributed by atoms with E-state index in [0.29, 0.717) is 12.2 Å². The van der Waals surface area contributed by atoms with Gasteiger partial charge in [0.15, 0.2) is 5.79 Å². The van der Waals surface area contributed by atoms with Crippen molar-refractivity contribution in [2.75, 3.05) is 13.2 Å². The molecule has 6 nitrogen and oxygen atoms in total. The lowest BCUT2D eigenvalue weighted by Crippen LogP contribution is -2.47. The summed E-state index contributed by atoms with van der Waals surface area (Å²) in [5, 5.41) is 13.3. The first-order chi connectivity index (χ1) is 11.4. The van der Waals surface area contributed by atoms with Crippen molar-refractivity contribution in [3.63, 3.8) is 0 Å². The number of pyridine rings is 1. The molecule has 1 saturated heterocycles. The van der Waals surface area contributed by atoms with E-state index in [1.807, 2.05) is 32.9 Å². The van der Waals surface area contributed by atoms with Crippen LogP contribution in [0.3, 0.4) is 0 Å². The molecule has 2 heterocycles. The van der Waals surface area contributed by atoms with Gasteiger partial charge in [-0.25, -0.2) is 0 Å². The normalized spacial score (nSPS) is 20.9. The molecule has 1 aliphatic rings. The molecule has 0 saturated carbocycles. The Hall–Kier alpha value is -2.02. The van der Waals surface area contributed by atoms with Gasteiger partial charge >= 0.3 is 0 Å². The second-order valence-corrected chi connectivity index (χ2v) is 6.46. The van der Waals surface area contributed by atoms with Crippen molar-refractivity contribution in [3.8, 4) is 0 Å². The van der Waals surface area contributed by atoms with Gasteiger partial charge in [0.25, 0.3) is 5.91 Å². The molecule has 1 aromatic carbocycles. The molecule has 1 aromatic heterocycles. The highest BCUT2D eigenvalue weighted by atomic mass is 16.7. The van der Waals surface area contributed by atoms with Crippen LogP contribution in [0.5, 0.6) is 0 Å². The molecule has 0 spiro atoms. The zero-order chi connectivity index (χ0) is 17.3. The molecule has 2 N–H and O–H groups in total. The van der Waals surface area contributed by atoms with Gasteiger partial charge < -0.3 is 19.9 Å². The number of aliphatic hydroxyl groups excluding tert-OH is 1. The Morgan fingerprint density at radius 3 is 2.92 bits per heavy atom. The Morgan fingerprint density at radius 1 is 1.46 bits per heavy atom. The Bertz CT molecular complexity index is 760. The first-order valence-corrected chi connectivity index (χ1v) is 7.99. The number of ether oxygens (including phenoxy) is 2. The van der Waals surface area contributed by atoms with Crippen molar-refractivity contribution >= 4 is 16.8 Å². The highest BCUT2D eigenvalue weighted by molar-refractivity contribution is 6.06. The second-order valence-electron chi connectivity index (χ2n) is 6.46. The van der Waals surface area contributed by atoms with E-state index in [2.05, 4.69) is 10.3 Å². The van der Waals surface area contributed by atoms with Gasteiger partial charge in [0.05, 0.1) is 24.8 Å². The van der Waals surface area contributed by atoms with Crippen LogP contribution in [0.1, 0.15) is 29.8 Å². The van der Waals surface area contributed by atoms with E-state index in [1.54, 1.807) is 18.3 Å². The Morgan fingerprint density at radius 2 is 2.25 bits per heavy atom. The molecule has 2 aromatic rings. The van der Waals surface area contributed by atoms with Crippen LogP contribution >= 0.6 is 0 Å². The number of aliphatic hydroxyl groups is 1. The number of rotatable bonds is 4. The predicted molar refractivity (Wildman–Crippen MR) is 89.7 cm³/mol. The lowest BCUT2D eigenvalue weighted by atomic mass is 10.0. The predicted octanol–water partition coefficient (Wildman–Crippen LogP) is 1.79. The van der Waals surface area contributed by atoms with E-state index >= 15 is 0 Å². The molecule has 24 heavy (non-hydrogen) atoms. The second kappa shape index (κ2) is 6.47. The minimum Gasteiger partial charge on any atom is -0.394 e. The van der Waals surface area contributed by atoms with E-state index in [1.165, 1.54) is 0 Å². The summed E-state index contributed by atoms with van der Waals surface area (Å²) in [7, 11) is 0. The molecule has 0 unspecified atom stereocenters. The van der Waals surface area contributed by atoms with E-state index in [9.17, 15) is 9.90 Å². The number of hydrogen-bond acceptors (Lipinski definition) is 5. The summed E-state index contributed by atoms with van der Waals surface area (Å²) in [6.45, 7) is 5.68. The zero-order valence-corrected chi connectivity index (χ0v) is 14.1. The first-order valence-electron chi connectivity index (χ1n) is 7.99. The summed E-state index contributed by atoms with van der Waals surface area (Å²) in [6.07, 6.45) is 1.32. The van der Waals surface area contributed by atoms with Crippen LogP contribution in [-0.2, 0) is 9.47 Å². The van der Waals surface area contributed by atoms with Crippen LogP contribution in [0.4, 0.5) is 0 Å². The van der Waals surface area contributed by atoms with E-state index in [4.69, 9.17) is 9.47 Å². The van der Waals surface area contributed by atoms with Crippen LogP contribution in [0, 0.1) is 6.92 Å². The quantitative estimate of drug-likeness (QED) is 0.893. The van der Waals surface area contributed by atoms with Crippen molar-refractivity contribution in [3.05, 3.63) is 41.6 Å². The number of amides is 1. The van der Waals surface area contributed by atoms with Gasteiger partial charge in [-0.05, 0) is 38.5 Å². The largest absolute Gasteiger partial charge is 0.394 e. The first kappa shape index (κ1) is 16.8. The summed E-state index contributed by atoms with van der Waals surface area (Å²) in [6, 6.07) is 6.79. The molecule has 0 bridgehead atoms. The molecule has 1 aliphatic heterocycles. The topological polar surface area (TPSA) is 80.7 Å². The monoisotopic (exact) mass is 330 g/mol. The average molecular weight is 330 g/mol. The fourth-order valence-corrected chi connectivity index (χ4v) is 2.93. The molecule has 6 heteroatoms. The molecule has 1 amide bonds. The summed E-state index contributed by atoms with van der Waals surface area (Å²) < 4.78 is 11.3. The highest BCUT2D eigenvalue weighted by Crippen LogP contribution is 2.25. The van der Waals surface area contributed by atoms with Gasteiger partial charge in [-0.1, -0.05) is 12.1 Å². The lowest BCUT2D eigenvalue weighted by Gasteiger charge is -2.24. The zero-order valence-electron chi connectivity index (χ0n) is 14.1. The van der Waals surface area contributed by atoms with Gasteiger partial charge in [-0.15, -0.1) is 0 Å². The maximum atomic E-state index is 12.7. The maximum Gasteiger partial charge on any atom is 0.252 e. The Labute approximate surface area is 140 Å². The number of hydrogen-bond donors (Lipinski definition) is 2. The molecule has 1 fully saturated rings. The molecule has 2 atom stereocenters. The number of carbonyl (C=O) groups is 1. The van der Waals surface area contributed by atoms with Crippen LogP contribution in [0.2, 0.25) is 0 Å². The minimum absolute atomic E-state index is 0.224. The van der Waals surface area contributed by atoms with E-state index in [0.717, 1.165) is 16.5 Å². The molecule has 0 aliphatic carbocycles. The fourth-order valence-electron chi connectivity index (χ4n) is 2.93. The van der Waals surface area contributed by atoms with Crippen LogP contribution in [-0.4, -0.2) is 47.1 Å². The van der Waals surface area contributed by atoms with Crippen molar-refractivity contribution in [1.82, 2.24) is 10.3 Å². The molecular weight excluding hydrogens is 308 g/mol. The summed E-state index contributed by atoms with van der Waals surface area (Å²) in [4.78, 5) is 17.1.